The second kappa shape index (κ2) is 13.0. The monoisotopic (exact) mass is 553 g/mol. The Bertz CT molecular complexity index is 1400. The molecule has 0 radical (unpaired) electrons. The molecule has 2 aliphatic rings. The molecule has 3 aromatic rings. The smallest absolute Gasteiger partial charge is 0.262 e. The minimum absolute atomic E-state index is 0.0728. The fraction of sp³-hybridized carbons (Fsp3) is 0.333. The Balaban J connectivity index is 1.39. The number of hydrogen-bond donors (Lipinski definition) is 1. The van der Waals surface area contributed by atoms with Crippen molar-refractivity contribution in [3.8, 4) is 17.6 Å². The quantitative estimate of drug-likeness (QED) is 0.278. The van der Waals surface area contributed by atoms with Crippen LogP contribution < -0.4 is 14.8 Å². The average molecular weight is 554 g/mol. The lowest BCUT2D eigenvalue weighted by Gasteiger charge is -2.39. The number of rotatable bonds is 9. The third-order valence-electron chi connectivity index (χ3n) is 7.51. The summed E-state index contributed by atoms with van der Waals surface area (Å²) in [6.07, 6.45) is 6.51. The molecule has 7 heteroatoms. The maximum absolute atomic E-state index is 13.9. The highest BCUT2D eigenvalue weighted by Gasteiger charge is 2.42. The van der Waals surface area contributed by atoms with Crippen molar-refractivity contribution < 1.29 is 14.3 Å². The molecule has 1 heterocycles. The molecule has 1 amide bonds. The van der Waals surface area contributed by atoms with Crippen molar-refractivity contribution >= 4 is 29.4 Å². The van der Waals surface area contributed by atoms with E-state index < -0.39 is 0 Å². The van der Waals surface area contributed by atoms with Gasteiger partial charge >= 0.3 is 0 Å². The van der Waals surface area contributed by atoms with Crippen LogP contribution in [0.15, 0.2) is 77.7 Å². The van der Waals surface area contributed by atoms with Gasteiger partial charge in [-0.25, -0.2) is 0 Å². The van der Waals surface area contributed by atoms with Gasteiger partial charge in [0.05, 0.1) is 23.1 Å². The van der Waals surface area contributed by atoms with E-state index >= 15 is 0 Å². The summed E-state index contributed by atoms with van der Waals surface area (Å²) in [7, 11) is 0. The molecular weight excluding hydrogens is 518 g/mol. The van der Waals surface area contributed by atoms with Crippen LogP contribution in [0.3, 0.4) is 0 Å². The van der Waals surface area contributed by atoms with E-state index in [1.54, 1.807) is 17.8 Å². The van der Waals surface area contributed by atoms with Crippen molar-refractivity contribution in [2.75, 3.05) is 11.9 Å². The lowest BCUT2D eigenvalue weighted by Crippen LogP contribution is -2.48. The number of ether oxygens (including phenoxy) is 2. The van der Waals surface area contributed by atoms with Crippen LogP contribution in [0.25, 0.3) is 6.08 Å². The third kappa shape index (κ3) is 6.29. The lowest BCUT2D eigenvalue weighted by atomic mass is 9.85. The van der Waals surface area contributed by atoms with Crippen molar-refractivity contribution in [2.45, 2.75) is 57.7 Å². The van der Waals surface area contributed by atoms with Gasteiger partial charge in [0.1, 0.15) is 6.61 Å². The molecular formula is C33H35N3O3S. The van der Waals surface area contributed by atoms with Gasteiger partial charge < -0.3 is 19.7 Å². The second-order valence-corrected chi connectivity index (χ2v) is 11.3. The standard InChI is InChI=1S/C33H35N3O3S/c1-3-38-30-19-24(17-18-29(30)39-22-26-13-9-8-12-25(26)21-34)20-31-32(37)36(28-16-10-7-11-23(28)2)33(40-31)35-27-14-5-4-6-15-27/h4-6,8-9,12-15,17-20,23,28,33,35H,3,7,10-11,16,22H2,1-2H3/b31-20-/t23-,28+,33?/m1/s1. The highest BCUT2D eigenvalue weighted by atomic mass is 32.2. The summed E-state index contributed by atoms with van der Waals surface area (Å²) in [6.45, 7) is 4.94. The number of nitrogens with zero attached hydrogens (tertiary/aromatic N) is 2. The van der Waals surface area contributed by atoms with Crippen LogP contribution in [-0.2, 0) is 11.4 Å². The highest BCUT2D eigenvalue weighted by Crippen LogP contribution is 2.42. The molecule has 3 aromatic carbocycles. The van der Waals surface area contributed by atoms with Gasteiger partial charge in [-0.2, -0.15) is 5.26 Å². The maximum atomic E-state index is 13.9. The van der Waals surface area contributed by atoms with Crippen molar-refractivity contribution in [2.24, 2.45) is 5.92 Å². The first kappa shape index (κ1) is 27.7. The first-order valence-electron chi connectivity index (χ1n) is 14.0. The minimum Gasteiger partial charge on any atom is -0.490 e. The summed E-state index contributed by atoms with van der Waals surface area (Å²) in [4.78, 5) is 16.7. The molecule has 1 unspecified atom stereocenters. The van der Waals surface area contributed by atoms with Crippen LogP contribution in [0.1, 0.15) is 56.2 Å². The Hall–Kier alpha value is -3.89. The topological polar surface area (TPSA) is 74.6 Å². The molecule has 206 valence electrons. The minimum atomic E-state index is -0.166. The fourth-order valence-corrected chi connectivity index (χ4v) is 6.64. The molecule has 0 bridgehead atoms. The van der Waals surface area contributed by atoms with E-state index in [4.69, 9.17) is 9.47 Å². The normalized spacial score (nSPS) is 21.7. The van der Waals surface area contributed by atoms with Gasteiger partial charge in [-0.1, -0.05) is 74.0 Å². The summed E-state index contributed by atoms with van der Waals surface area (Å²) in [6, 6.07) is 25.7. The SMILES string of the molecule is CCOc1cc(/C=C2\SC(Nc3ccccc3)N([C@H]3CCCC[C@H]3C)C2=O)ccc1OCc1ccccc1C#N. The zero-order valence-corrected chi connectivity index (χ0v) is 23.8. The number of nitrogens with one attached hydrogen (secondary N) is 1. The Labute approximate surface area is 241 Å². The van der Waals surface area contributed by atoms with Gasteiger partial charge in [0, 0.05) is 17.3 Å². The molecule has 1 saturated heterocycles. The van der Waals surface area contributed by atoms with Crippen molar-refractivity contribution in [3.63, 3.8) is 0 Å². The predicted molar refractivity (Wildman–Crippen MR) is 161 cm³/mol. The van der Waals surface area contributed by atoms with E-state index in [1.807, 2.05) is 79.7 Å². The van der Waals surface area contributed by atoms with Gasteiger partial charge in [-0.05, 0) is 67.7 Å². The van der Waals surface area contributed by atoms with Crippen molar-refractivity contribution in [1.29, 1.82) is 5.26 Å². The van der Waals surface area contributed by atoms with Crippen LogP contribution in [0.4, 0.5) is 5.69 Å². The summed E-state index contributed by atoms with van der Waals surface area (Å²) in [5.41, 5.74) is 3.12. The van der Waals surface area contributed by atoms with Crippen LogP contribution >= 0.6 is 11.8 Å². The summed E-state index contributed by atoms with van der Waals surface area (Å²) in [5.74, 6) is 1.75. The Morgan fingerprint density at radius 1 is 1.02 bits per heavy atom. The van der Waals surface area contributed by atoms with Crippen molar-refractivity contribution in [3.05, 3.63) is 94.4 Å². The largest absolute Gasteiger partial charge is 0.490 e. The number of amides is 1. The van der Waals surface area contributed by atoms with E-state index in [9.17, 15) is 10.1 Å². The Morgan fingerprint density at radius 2 is 1.80 bits per heavy atom. The van der Waals surface area contributed by atoms with E-state index in [0.29, 0.717) is 34.5 Å². The lowest BCUT2D eigenvalue weighted by molar-refractivity contribution is -0.129. The van der Waals surface area contributed by atoms with Crippen LogP contribution in [0.5, 0.6) is 11.5 Å². The molecule has 1 saturated carbocycles. The zero-order chi connectivity index (χ0) is 27.9. The van der Waals surface area contributed by atoms with Gasteiger partial charge in [-0.15, -0.1) is 0 Å². The molecule has 2 fully saturated rings. The summed E-state index contributed by atoms with van der Waals surface area (Å²) >= 11 is 1.57. The van der Waals surface area contributed by atoms with Gasteiger partial charge in [-0.3, -0.25) is 4.79 Å². The number of thioether (sulfide) groups is 1. The maximum Gasteiger partial charge on any atom is 0.262 e. The summed E-state index contributed by atoms with van der Waals surface area (Å²) in [5, 5.41) is 13.0. The second-order valence-electron chi connectivity index (χ2n) is 10.2. The fourth-order valence-electron chi connectivity index (χ4n) is 5.43. The number of carbonyl (C=O) groups is 1. The first-order valence-corrected chi connectivity index (χ1v) is 14.9. The average Bonchev–Trinajstić information content (AvgIpc) is 3.27. The Morgan fingerprint density at radius 3 is 2.58 bits per heavy atom. The Kier molecular flexibility index (Phi) is 8.98. The van der Waals surface area contributed by atoms with Crippen LogP contribution in [0.2, 0.25) is 0 Å². The van der Waals surface area contributed by atoms with E-state index in [2.05, 4.69) is 23.2 Å². The molecule has 0 aromatic heterocycles. The molecule has 1 N–H and O–H groups in total. The molecule has 40 heavy (non-hydrogen) atoms. The van der Waals surface area contributed by atoms with E-state index in [-0.39, 0.29) is 24.1 Å². The number of para-hydroxylation sites is 1. The van der Waals surface area contributed by atoms with Crippen molar-refractivity contribution in [1.82, 2.24) is 4.90 Å². The molecule has 5 rings (SSSR count). The molecule has 1 aliphatic heterocycles. The van der Waals surface area contributed by atoms with Crippen LogP contribution in [0, 0.1) is 17.2 Å². The molecule has 6 nitrogen and oxygen atoms in total. The first-order chi connectivity index (χ1) is 19.6. The number of carbonyl (C=O) groups excluding carboxylic acids is 1. The highest BCUT2D eigenvalue weighted by molar-refractivity contribution is 8.05. The van der Waals surface area contributed by atoms with E-state index in [1.165, 1.54) is 6.42 Å². The van der Waals surface area contributed by atoms with Crippen LogP contribution in [-0.4, -0.2) is 29.0 Å². The van der Waals surface area contributed by atoms with E-state index in [0.717, 1.165) is 36.1 Å². The van der Waals surface area contributed by atoms with Gasteiger partial charge in [0.15, 0.2) is 17.0 Å². The third-order valence-corrected chi connectivity index (χ3v) is 8.62. The number of hydrogen-bond acceptors (Lipinski definition) is 6. The van der Waals surface area contributed by atoms with Gasteiger partial charge in [0.2, 0.25) is 0 Å². The molecule has 3 atom stereocenters. The zero-order valence-electron chi connectivity index (χ0n) is 23.0. The van der Waals surface area contributed by atoms with Gasteiger partial charge in [0.25, 0.3) is 5.91 Å². The number of anilines is 1. The summed E-state index contributed by atoms with van der Waals surface area (Å²) < 4.78 is 12.0. The predicted octanol–water partition coefficient (Wildman–Crippen LogP) is 7.43. The molecule has 1 aliphatic carbocycles. The number of benzene rings is 3. The molecule has 0 spiro atoms. The number of nitriles is 1.